The van der Waals surface area contributed by atoms with Crippen LogP contribution in [0.15, 0.2) is 71.5 Å². The Morgan fingerprint density at radius 1 is 1.10 bits per heavy atom. The summed E-state index contributed by atoms with van der Waals surface area (Å²) in [4.78, 5) is 12.1. The normalized spacial score (nSPS) is 12.1. The number of ether oxygens (including phenoxy) is 2. The maximum Gasteiger partial charge on any atom is 0.266 e. The standard InChI is InChI=1S/C23H24N2O4/c1-3-7-17-10-12-21(22(14-17)28-2)29-16-19(26)15-25-23(27)13-11-20(24-25)18-8-5-4-6-9-18/h3-14,19,26H,15-16H2,1-2H3/b7-3+. The summed E-state index contributed by atoms with van der Waals surface area (Å²) < 4.78 is 12.3. The Hall–Kier alpha value is -3.38. The molecule has 0 aliphatic rings. The Morgan fingerprint density at radius 3 is 2.62 bits per heavy atom. The number of hydrogen-bond donors (Lipinski definition) is 1. The minimum absolute atomic E-state index is 0.00298. The van der Waals surface area contributed by atoms with Crippen LogP contribution in [0.1, 0.15) is 12.5 Å². The molecule has 0 fully saturated rings. The predicted molar refractivity (Wildman–Crippen MR) is 113 cm³/mol. The van der Waals surface area contributed by atoms with Crippen LogP contribution in [-0.2, 0) is 6.54 Å². The number of methoxy groups -OCH3 is 1. The lowest BCUT2D eigenvalue weighted by atomic mass is 10.1. The maximum atomic E-state index is 12.1. The summed E-state index contributed by atoms with van der Waals surface area (Å²) in [5.74, 6) is 1.10. The minimum Gasteiger partial charge on any atom is -0.493 e. The van der Waals surface area contributed by atoms with Gasteiger partial charge in [-0.25, -0.2) is 4.68 Å². The van der Waals surface area contributed by atoms with Crippen molar-refractivity contribution in [2.45, 2.75) is 19.6 Å². The number of benzene rings is 2. The summed E-state index contributed by atoms with van der Waals surface area (Å²) in [5, 5.41) is 14.7. The van der Waals surface area contributed by atoms with Crippen LogP contribution in [0.3, 0.4) is 0 Å². The predicted octanol–water partition coefficient (Wildman–Crippen LogP) is 3.39. The van der Waals surface area contributed by atoms with Crippen LogP contribution >= 0.6 is 0 Å². The molecule has 6 nitrogen and oxygen atoms in total. The third kappa shape index (κ3) is 5.33. The van der Waals surface area contributed by atoms with Crippen molar-refractivity contribution in [3.8, 4) is 22.8 Å². The van der Waals surface area contributed by atoms with Crippen molar-refractivity contribution in [3.05, 3.63) is 82.7 Å². The Kier molecular flexibility index (Phi) is 6.81. The van der Waals surface area contributed by atoms with Crippen molar-refractivity contribution < 1.29 is 14.6 Å². The average molecular weight is 392 g/mol. The van der Waals surface area contributed by atoms with Crippen LogP contribution < -0.4 is 15.0 Å². The Balaban J connectivity index is 1.68. The SMILES string of the molecule is C/C=C/c1ccc(OCC(O)Cn2nc(-c3ccccc3)ccc2=O)c(OC)c1. The Labute approximate surface area is 169 Å². The molecule has 0 bridgehead atoms. The van der Waals surface area contributed by atoms with Crippen molar-refractivity contribution in [1.82, 2.24) is 9.78 Å². The van der Waals surface area contributed by atoms with E-state index in [4.69, 9.17) is 9.47 Å². The zero-order valence-electron chi connectivity index (χ0n) is 16.5. The number of aliphatic hydroxyl groups excluding tert-OH is 1. The maximum absolute atomic E-state index is 12.1. The van der Waals surface area contributed by atoms with Gasteiger partial charge in [0.25, 0.3) is 5.56 Å². The molecule has 1 heterocycles. The molecule has 0 aliphatic carbocycles. The second-order valence-electron chi connectivity index (χ2n) is 6.48. The molecule has 6 heteroatoms. The summed E-state index contributed by atoms with van der Waals surface area (Å²) in [7, 11) is 1.57. The Morgan fingerprint density at radius 2 is 1.90 bits per heavy atom. The molecule has 0 radical (unpaired) electrons. The number of aliphatic hydroxyl groups is 1. The molecular formula is C23H24N2O4. The summed E-state index contributed by atoms with van der Waals surface area (Å²) in [6.45, 7) is 1.97. The highest BCUT2D eigenvalue weighted by atomic mass is 16.5. The van der Waals surface area contributed by atoms with E-state index in [1.54, 1.807) is 19.2 Å². The first-order chi connectivity index (χ1) is 14.1. The molecule has 1 aromatic heterocycles. The molecule has 0 aliphatic heterocycles. The third-order valence-electron chi connectivity index (χ3n) is 4.30. The minimum atomic E-state index is -0.911. The van der Waals surface area contributed by atoms with Gasteiger partial charge < -0.3 is 14.6 Å². The molecule has 150 valence electrons. The highest BCUT2D eigenvalue weighted by molar-refractivity contribution is 5.58. The second kappa shape index (κ2) is 9.71. The lowest BCUT2D eigenvalue weighted by molar-refractivity contribution is 0.0866. The van der Waals surface area contributed by atoms with E-state index in [1.807, 2.05) is 61.5 Å². The highest BCUT2D eigenvalue weighted by Gasteiger charge is 2.12. The lowest BCUT2D eigenvalue weighted by Gasteiger charge is -2.16. The zero-order chi connectivity index (χ0) is 20.6. The topological polar surface area (TPSA) is 73.6 Å². The molecule has 1 atom stereocenters. The van der Waals surface area contributed by atoms with Gasteiger partial charge in [-0.15, -0.1) is 0 Å². The van der Waals surface area contributed by atoms with E-state index < -0.39 is 6.10 Å². The average Bonchev–Trinajstić information content (AvgIpc) is 2.75. The summed E-state index contributed by atoms with van der Waals surface area (Å²) in [6, 6.07) is 18.2. The number of rotatable bonds is 8. The van der Waals surface area contributed by atoms with E-state index in [2.05, 4.69) is 5.10 Å². The summed E-state index contributed by atoms with van der Waals surface area (Å²) in [6.07, 6.45) is 2.98. The van der Waals surface area contributed by atoms with Crippen molar-refractivity contribution in [1.29, 1.82) is 0 Å². The van der Waals surface area contributed by atoms with Crippen molar-refractivity contribution in [2.75, 3.05) is 13.7 Å². The summed E-state index contributed by atoms with van der Waals surface area (Å²) in [5.41, 5.74) is 2.28. The van der Waals surface area contributed by atoms with Gasteiger partial charge in [-0.05, 0) is 30.7 Å². The summed E-state index contributed by atoms with van der Waals surface area (Å²) >= 11 is 0. The lowest BCUT2D eigenvalue weighted by Crippen LogP contribution is -2.31. The number of aromatic nitrogens is 2. The molecule has 3 aromatic rings. The highest BCUT2D eigenvalue weighted by Crippen LogP contribution is 2.28. The van der Waals surface area contributed by atoms with Gasteiger partial charge in [0.05, 0.1) is 19.3 Å². The third-order valence-corrected chi connectivity index (χ3v) is 4.30. The Bertz CT molecular complexity index is 1030. The molecule has 0 spiro atoms. The zero-order valence-corrected chi connectivity index (χ0v) is 16.5. The van der Waals surface area contributed by atoms with Crippen LogP contribution in [0.25, 0.3) is 17.3 Å². The number of hydrogen-bond acceptors (Lipinski definition) is 5. The van der Waals surface area contributed by atoms with Crippen LogP contribution in [0.2, 0.25) is 0 Å². The van der Waals surface area contributed by atoms with Gasteiger partial charge >= 0.3 is 0 Å². The second-order valence-corrected chi connectivity index (χ2v) is 6.48. The van der Waals surface area contributed by atoms with E-state index in [9.17, 15) is 9.90 Å². The van der Waals surface area contributed by atoms with Gasteiger partial charge in [0, 0.05) is 11.6 Å². The van der Waals surface area contributed by atoms with Crippen LogP contribution in [0.5, 0.6) is 11.5 Å². The van der Waals surface area contributed by atoms with Crippen LogP contribution in [-0.4, -0.2) is 34.7 Å². The fourth-order valence-electron chi connectivity index (χ4n) is 2.88. The molecule has 0 saturated carbocycles. The molecule has 2 aromatic carbocycles. The molecular weight excluding hydrogens is 368 g/mol. The first-order valence-corrected chi connectivity index (χ1v) is 9.36. The number of allylic oxidation sites excluding steroid dienone is 1. The van der Waals surface area contributed by atoms with Crippen LogP contribution in [0, 0.1) is 0 Å². The van der Waals surface area contributed by atoms with E-state index in [0.29, 0.717) is 17.2 Å². The van der Waals surface area contributed by atoms with Gasteiger partial charge in [0.15, 0.2) is 11.5 Å². The monoisotopic (exact) mass is 392 g/mol. The van der Waals surface area contributed by atoms with Crippen LogP contribution in [0.4, 0.5) is 0 Å². The molecule has 0 amide bonds. The molecule has 1 N–H and O–H groups in total. The first-order valence-electron chi connectivity index (χ1n) is 9.36. The van der Waals surface area contributed by atoms with Crippen molar-refractivity contribution in [2.24, 2.45) is 0 Å². The van der Waals surface area contributed by atoms with E-state index in [0.717, 1.165) is 11.1 Å². The largest absolute Gasteiger partial charge is 0.493 e. The molecule has 3 rings (SSSR count). The van der Waals surface area contributed by atoms with Gasteiger partial charge in [0.2, 0.25) is 0 Å². The fourth-order valence-corrected chi connectivity index (χ4v) is 2.88. The van der Waals surface area contributed by atoms with Gasteiger partial charge in [-0.2, -0.15) is 5.10 Å². The molecule has 29 heavy (non-hydrogen) atoms. The quantitative estimate of drug-likeness (QED) is 0.636. The molecule has 0 saturated heterocycles. The van der Waals surface area contributed by atoms with Crippen molar-refractivity contribution in [3.63, 3.8) is 0 Å². The van der Waals surface area contributed by atoms with E-state index >= 15 is 0 Å². The van der Waals surface area contributed by atoms with Crippen molar-refractivity contribution >= 4 is 6.08 Å². The fraction of sp³-hybridized carbons (Fsp3) is 0.217. The van der Waals surface area contributed by atoms with Gasteiger partial charge in [-0.1, -0.05) is 48.6 Å². The number of nitrogens with zero attached hydrogens (tertiary/aromatic N) is 2. The van der Waals surface area contributed by atoms with Gasteiger partial charge in [-0.3, -0.25) is 4.79 Å². The molecule has 1 unspecified atom stereocenters. The smallest absolute Gasteiger partial charge is 0.266 e. The van der Waals surface area contributed by atoms with E-state index in [-0.39, 0.29) is 18.7 Å². The van der Waals surface area contributed by atoms with Gasteiger partial charge in [0.1, 0.15) is 12.7 Å². The first kappa shape index (κ1) is 20.4. The van der Waals surface area contributed by atoms with E-state index in [1.165, 1.54) is 10.7 Å².